The highest BCUT2D eigenvalue weighted by Crippen LogP contribution is 2.30. The highest BCUT2D eigenvalue weighted by Gasteiger charge is 2.31. The summed E-state index contributed by atoms with van der Waals surface area (Å²) in [4.78, 5) is 14.8. The van der Waals surface area contributed by atoms with Gasteiger partial charge in [-0.2, -0.15) is 5.10 Å². The van der Waals surface area contributed by atoms with Gasteiger partial charge >= 0.3 is 0 Å². The Hall–Kier alpha value is -2.14. The predicted octanol–water partition coefficient (Wildman–Crippen LogP) is 3.09. The van der Waals surface area contributed by atoms with E-state index < -0.39 is 0 Å². The Balaban J connectivity index is 1.85. The highest BCUT2D eigenvalue weighted by molar-refractivity contribution is 5.94. The number of carbonyl (C=O) groups is 1. The summed E-state index contributed by atoms with van der Waals surface area (Å²) in [5, 5.41) is 7.29. The average molecular weight is 313 g/mol. The Morgan fingerprint density at radius 2 is 2.09 bits per heavy atom. The molecule has 0 unspecified atom stereocenters. The van der Waals surface area contributed by atoms with Crippen LogP contribution in [-0.4, -0.2) is 33.7 Å². The Morgan fingerprint density at radius 1 is 1.35 bits per heavy atom. The van der Waals surface area contributed by atoms with Gasteiger partial charge in [-0.3, -0.25) is 9.89 Å². The van der Waals surface area contributed by atoms with Crippen molar-refractivity contribution in [1.82, 2.24) is 15.1 Å². The molecule has 1 aliphatic heterocycles. The number of benzene rings is 1. The third-order valence-corrected chi connectivity index (χ3v) is 4.32. The summed E-state index contributed by atoms with van der Waals surface area (Å²) in [6, 6.07) is 10.0. The van der Waals surface area contributed by atoms with Gasteiger partial charge in [-0.25, -0.2) is 0 Å². The molecule has 0 spiro atoms. The molecule has 0 saturated carbocycles. The van der Waals surface area contributed by atoms with E-state index in [2.05, 4.69) is 10.2 Å². The number of aromatic nitrogens is 2. The monoisotopic (exact) mass is 313 g/mol. The maximum Gasteiger partial charge on any atom is 0.274 e. The van der Waals surface area contributed by atoms with Crippen molar-refractivity contribution in [3.8, 4) is 0 Å². The van der Waals surface area contributed by atoms with Crippen LogP contribution in [0, 0.1) is 0 Å². The first-order valence-corrected chi connectivity index (χ1v) is 8.16. The summed E-state index contributed by atoms with van der Waals surface area (Å²) in [5.41, 5.74) is 3.60. The van der Waals surface area contributed by atoms with Crippen molar-refractivity contribution in [2.45, 2.75) is 45.9 Å². The molecule has 0 fully saturated rings. The maximum atomic E-state index is 12.9. The fourth-order valence-electron chi connectivity index (χ4n) is 3.13. The van der Waals surface area contributed by atoms with Gasteiger partial charge in [0.1, 0.15) is 0 Å². The largest absolute Gasteiger partial charge is 0.369 e. The number of hydrogen-bond donors (Lipinski definition) is 1. The van der Waals surface area contributed by atoms with Crippen LogP contribution < -0.4 is 0 Å². The molecule has 1 N–H and O–H groups in total. The van der Waals surface area contributed by atoms with Gasteiger partial charge in [-0.05, 0) is 26.3 Å². The molecule has 0 aliphatic carbocycles. The standard InChI is InChI=1S/C18H23N3O2/c1-4-21(11-14-8-6-5-7-9-14)18(22)17-15-10-12(2)23-13(3)16(15)19-20-17/h5-9,12-13H,4,10-11H2,1-3H3,(H,19,20)/t12-,13+/m0/s1. The predicted molar refractivity (Wildman–Crippen MR) is 88.1 cm³/mol. The van der Waals surface area contributed by atoms with Gasteiger partial charge in [-0.1, -0.05) is 30.3 Å². The van der Waals surface area contributed by atoms with Crippen molar-refractivity contribution in [3.05, 3.63) is 52.8 Å². The molecule has 2 heterocycles. The fraction of sp³-hybridized carbons (Fsp3) is 0.444. The lowest BCUT2D eigenvalue weighted by Gasteiger charge is -2.26. The molecule has 5 heteroatoms. The van der Waals surface area contributed by atoms with Crippen LogP contribution in [0.15, 0.2) is 30.3 Å². The van der Waals surface area contributed by atoms with Crippen molar-refractivity contribution in [2.24, 2.45) is 0 Å². The Morgan fingerprint density at radius 3 is 2.78 bits per heavy atom. The van der Waals surface area contributed by atoms with E-state index in [1.807, 2.05) is 56.0 Å². The second kappa shape index (κ2) is 6.54. The summed E-state index contributed by atoms with van der Waals surface area (Å²) in [5.74, 6) is -0.0184. The first kappa shape index (κ1) is 15.7. The lowest BCUT2D eigenvalue weighted by atomic mass is 9.99. The normalized spacial score (nSPS) is 20.1. The number of aromatic amines is 1. The maximum absolute atomic E-state index is 12.9. The van der Waals surface area contributed by atoms with Crippen LogP contribution in [0.2, 0.25) is 0 Å². The molecule has 0 saturated heterocycles. The van der Waals surface area contributed by atoms with Crippen molar-refractivity contribution in [3.63, 3.8) is 0 Å². The van der Waals surface area contributed by atoms with E-state index >= 15 is 0 Å². The number of H-pyrrole nitrogens is 1. The zero-order chi connectivity index (χ0) is 16.4. The number of fused-ring (bicyclic) bond motifs is 1. The van der Waals surface area contributed by atoms with E-state index in [9.17, 15) is 4.79 Å². The molecule has 0 bridgehead atoms. The third kappa shape index (κ3) is 3.15. The Kier molecular flexibility index (Phi) is 4.48. The lowest BCUT2D eigenvalue weighted by Crippen LogP contribution is -2.32. The molecule has 1 aromatic carbocycles. The van der Waals surface area contributed by atoms with Crippen LogP contribution in [0.1, 0.15) is 54.2 Å². The molecular formula is C18H23N3O2. The summed E-state index contributed by atoms with van der Waals surface area (Å²) in [7, 11) is 0. The molecule has 122 valence electrons. The number of rotatable bonds is 4. The minimum absolute atomic E-state index is 0.0184. The highest BCUT2D eigenvalue weighted by atomic mass is 16.5. The smallest absolute Gasteiger partial charge is 0.274 e. The number of nitrogens with zero attached hydrogens (tertiary/aromatic N) is 2. The zero-order valence-corrected chi connectivity index (χ0v) is 13.9. The van der Waals surface area contributed by atoms with Crippen LogP contribution in [0.4, 0.5) is 0 Å². The van der Waals surface area contributed by atoms with E-state index in [1.54, 1.807) is 0 Å². The van der Waals surface area contributed by atoms with Gasteiger partial charge in [-0.15, -0.1) is 0 Å². The molecule has 2 atom stereocenters. The number of ether oxygens (including phenoxy) is 1. The lowest BCUT2D eigenvalue weighted by molar-refractivity contribution is -0.00702. The third-order valence-electron chi connectivity index (χ3n) is 4.32. The molecule has 2 aromatic rings. The van der Waals surface area contributed by atoms with Gasteiger partial charge in [0.25, 0.3) is 5.91 Å². The van der Waals surface area contributed by atoms with Crippen LogP contribution in [-0.2, 0) is 17.7 Å². The number of carbonyl (C=O) groups excluding carboxylic acids is 1. The Bertz CT molecular complexity index is 681. The molecule has 1 aliphatic rings. The number of hydrogen-bond acceptors (Lipinski definition) is 3. The SMILES string of the molecule is CCN(Cc1ccccc1)C(=O)c1n[nH]c2c1C[C@H](C)O[C@@H]2C. The second-order valence-corrected chi connectivity index (χ2v) is 6.06. The molecule has 0 radical (unpaired) electrons. The van der Waals surface area contributed by atoms with Crippen LogP contribution in [0.25, 0.3) is 0 Å². The van der Waals surface area contributed by atoms with Gasteiger partial charge in [0.2, 0.25) is 0 Å². The molecule has 3 rings (SSSR count). The first-order valence-electron chi connectivity index (χ1n) is 8.16. The van der Waals surface area contributed by atoms with Crippen molar-refractivity contribution in [2.75, 3.05) is 6.54 Å². The van der Waals surface area contributed by atoms with Crippen molar-refractivity contribution < 1.29 is 9.53 Å². The van der Waals surface area contributed by atoms with E-state index in [0.29, 0.717) is 18.8 Å². The van der Waals surface area contributed by atoms with Crippen LogP contribution in [0.3, 0.4) is 0 Å². The van der Waals surface area contributed by atoms with Gasteiger partial charge < -0.3 is 9.64 Å². The summed E-state index contributed by atoms with van der Waals surface area (Å²) in [6.07, 6.45) is 0.776. The fourth-order valence-corrected chi connectivity index (χ4v) is 3.13. The molecule has 5 nitrogen and oxygen atoms in total. The molecular weight excluding hydrogens is 290 g/mol. The molecule has 1 amide bonds. The topological polar surface area (TPSA) is 58.2 Å². The van der Waals surface area contributed by atoms with Crippen LogP contribution in [0.5, 0.6) is 0 Å². The van der Waals surface area contributed by atoms with E-state index in [-0.39, 0.29) is 18.1 Å². The van der Waals surface area contributed by atoms with Gasteiger partial charge in [0, 0.05) is 25.1 Å². The minimum atomic E-state index is -0.0491. The van der Waals surface area contributed by atoms with Crippen molar-refractivity contribution in [1.29, 1.82) is 0 Å². The number of nitrogens with one attached hydrogen (secondary N) is 1. The van der Waals surface area contributed by atoms with Crippen molar-refractivity contribution >= 4 is 5.91 Å². The summed E-state index contributed by atoms with van der Waals surface area (Å²) < 4.78 is 5.79. The molecule has 1 aromatic heterocycles. The first-order chi connectivity index (χ1) is 11.1. The van der Waals surface area contributed by atoms with E-state index in [4.69, 9.17) is 4.74 Å². The Labute approximate surface area is 136 Å². The summed E-state index contributed by atoms with van der Waals surface area (Å²) in [6.45, 7) is 7.26. The summed E-state index contributed by atoms with van der Waals surface area (Å²) >= 11 is 0. The van der Waals surface area contributed by atoms with E-state index in [1.165, 1.54) is 0 Å². The average Bonchev–Trinajstić information content (AvgIpc) is 2.97. The minimum Gasteiger partial charge on any atom is -0.369 e. The second-order valence-electron chi connectivity index (χ2n) is 6.06. The zero-order valence-electron chi connectivity index (χ0n) is 13.9. The number of amides is 1. The van der Waals surface area contributed by atoms with Crippen LogP contribution >= 0.6 is 0 Å². The quantitative estimate of drug-likeness (QED) is 0.943. The van der Waals surface area contributed by atoms with Gasteiger partial charge in [0.15, 0.2) is 5.69 Å². The van der Waals surface area contributed by atoms with E-state index in [0.717, 1.165) is 23.2 Å². The molecule has 23 heavy (non-hydrogen) atoms. The van der Waals surface area contributed by atoms with Gasteiger partial charge in [0.05, 0.1) is 17.9 Å².